The summed E-state index contributed by atoms with van der Waals surface area (Å²) in [6.07, 6.45) is 0. The van der Waals surface area contributed by atoms with E-state index in [1.807, 2.05) is 13.8 Å². The summed E-state index contributed by atoms with van der Waals surface area (Å²) in [4.78, 5) is 35.9. The molecule has 0 radical (unpaired) electrons. The van der Waals surface area contributed by atoms with E-state index >= 15 is 0 Å². The van der Waals surface area contributed by atoms with Crippen LogP contribution >= 0.6 is 11.3 Å². The summed E-state index contributed by atoms with van der Waals surface area (Å²) in [5, 5.41) is 2.97. The number of rotatable bonds is 8. The first-order valence-corrected chi connectivity index (χ1v) is 7.95. The fourth-order valence-corrected chi connectivity index (χ4v) is 2.68. The van der Waals surface area contributed by atoms with Gasteiger partial charge in [0.2, 0.25) is 0 Å². The van der Waals surface area contributed by atoms with Gasteiger partial charge in [-0.3, -0.25) is 4.79 Å². The second kappa shape index (κ2) is 9.26. The van der Waals surface area contributed by atoms with Crippen molar-refractivity contribution in [2.45, 2.75) is 26.7 Å². The molecule has 8 heteroatoms. The van der Waals surface area contributed by atoms with Crippen molar-refractivity contribution in [2.24, 2.45) is 0 Å². The second-order valence-electron chi connectivity index (χ2n) is 4.91. The molecule has 0 fully saturated rings. The molecule has 0 unspecified atom stereocenters. The van der Waals surface area contributed by atoms with Gasteiger partial charge in [-0.05, 0) is 18.9 Å². The highest BCUT2D eigenvalue weighted by atomic mass is 32.1. The number of carbonyl (C=O) groups excluding carboxylic acids is 3. The van der Waals surface area contributed by atoms with E-state index in [1.54, 1.807) is 13.0 Å². The highest BCUT2D eigenvalue weighted by Gasteiger charge is 2.20. The van der Waals surface area contributed by atoms with Crippen molar-refractivity contribution in [1.82, 2.24) is 0 Å². The fourth-order valence-electron chi connectivity index (χ4n) is 1.62. The summed E-state index contributed by atoms with van der Waals surface area (Å²) in [7, 11) is 1.35. The third kappa shape index (κ3) is 5.99. The van der Waals surface area contributed by atoms with Crippen molar-refractivity contribution in [3.05, 3.63) is 16.5 Å². The molecule has 1 aromatic heterocycles. The summed E-state index contributed by atoms with van der Waals surface area (Å²) in [6, 6.07) is 1.71. The number of methoxy groups -OCH3 is 1. The summed E-state index contributed by atoms with van der Waals surface area (Å²) in [5.74, 6) is -1.46. The molecule has 1 amide bonds. The Morgan fingerprint density at radius 1 is 1.22 bits per heavy atom. The highest BCUT2D eigenvalue weighted by Crippen LogP contribution is 2.33. The monoisotopic (exact) mass is 343 g/mol. The largest absolute Gasteiger partial charge is 0.462 e. The normalized spacial score (nSPS) is 10.5. The van der Waals surface area contributed by atoms with Gasteiger partial charge >= 0.3 is 11.9 Å². The van der Waals surface area contributed by atoms with Gasteiger partial charge in [0, 0.05) is 12.0 Å². The Labute approximate surface area is 138 Å². The zero-order chi connectivity index (χ0) is 17.4. The Kier molecular flexibility index (Phi) is 7.70. The Morgan fingerprint density at radius 2 is 1.91 bits per heavy atom. The predicted molar refractivity (Wildman–Crippen MR) is 85.8 cm³/mol. The van der Waals surface area contributed by atoms with Gasteiger partial charge in [-0.15, -0.1) is 11.3 Å². The van der Waals surface area contributed by atoms with E-state index in [1.165, 1.54) is 18.4 Å². The topological polar surface area (TPSA) is 90.9 Å². The lowest BCUT2D eigenvalue weighted by atomic mass is 10.1. The molecule has 0 bridgehead atoms. The number of ether oxygens (including phenoxy) is 3. The molecule has 0 aliphatic rings. The third-order valence-electron chi connectivity index (χ3n) is 2.69. The lowest BCUT2D eigenvalue weighted by Crippen LogP contribution is -2.23. The summed E-state index contributed by atoms with van der Waals surface area (Å²) in [6.45, 7) is 5.25. The number of esters is 2. The standard InChI is InChI=1S/C15H21NO6S/c1-5-21-15(19)10-6-11(9(2)3)23-14(10)16-12(17)7-22-13(18)8-20-4/h6,9H,5,7-8H2,1-4H3,(H,16,17). The Balaban J connectivity index is 2.79. The van der Waals surface area contributed by atoms with Gasteiger partial charge < -0.3 is 19.5 Å². The van der Waals surface area contributed by atoms with E-state index in [-0.39, 0.29) is 19.1 Å². The quantitative estimate of drug-likeness (QED) is 0.728. The van der Waals surface area contributed by atoms with Crippen LogP contribution in [0.4, 0.5) is 5.00 Å². The fraction of sp³-hybridized carbons (Fsp3) is 0.533. The Bertz CT molecular complexity index is 566. The second-order valence-corrected chi connectivity index (χ2v) is 5.99. The molecule has 1 rings (SSSR count). The third-order valence-corrected chi connectivity index (χ3v) is 4.05. The van der Waals surface area contributed by atoms with E-state index in [0.717, 1.165) is 4.88 Å². The van der Waals surface area contributed by atoms with Crippen molar-refractivity contribution >= 4 is 34.2 Å². The number of hydrogen-bond donors (Lipinski definition) is 1. The van der Waals surface area contributed by atoms with E-state index in [9.17, 15) is 14.4 Å². The first-order valence-electron chi connectivity index (χ1n) is 7.14. The summed E-state index contributed by atoms with van der Waals surface area (Å²) in [5.41, 5.74) is 0.303. The minimum Gasteiger partial charge on any atom is -0.462 e. The Hall–Kier alpha value is -1.93. The van der Waals surface area contributed by atoms with Crippen molar-refractivity contribution in [2.75, 3.05) is 32.2 Å². The minimum absolute atomic E-state index is 0.207. The average Bonchev–Trinajstić information content (AvgIpc) is 2.90. The van der Waals surface area contributed by atoms with Gasteiger partial charge in [0.1, 0.15) is 11.6 Å². The summed E-state index contributed by atoms with van der Waals surface area (Å²) >= 11 is 1.30. The van der Waals surface area contributed by atoms with E-state index in [2.05, 4.69) is 10.1 Å². The number of hydrogen-bond acceptors (Lipinski definition) is 7. The van der Waals surface area contributed by atoms with E-state index < -0.39 is 24.5 Å². The molecule has 128 valence electrons. The first-order chi connectivity index (χ1) is 10.9. The zero-order valence-electron chi connectivity index (χ0n) is 13.6. The minimum atomic E-state index is -0.637. The van der Waals surface area contributed by atoms with Crippen LogP contribution in [0.2, 0.25) is 0 Å². The molecule has 1 heterocycles. The number of carbonyl (C=O) groups is 3. The van der Waals surface area contributed by atoms with Crippen molar-refractivity contribution < 1.29 is 28.6 Å². The van der Waals surface area contributed by atoms with Crippen LogP contribution in [0.25, 0.3) is 0 Å². The molecular weight excluding hydrogens is 322 g/mol. The van der Waals surface area contributed by atoms with Crippen LogP contribution in [0.5, 0.6) is 0 Å². The van der Waals surface area contributed by atoms with E-state index in [0.29, 0.717) is 10.6 Å². The smallest absolute Gasteiger partial charge is 0.341 e. The van der Waals surface area contributed by atoms with Gasteiger partial charge in [0.15, 0.2) is 6.61 Å². The average molecular weight is 343 g/mol. The van der Waals surface area contributed by atoms with Crippen LogP contribution in [0, 0.1) is 0 Å². The first kappa shape index (κ1) is 19.1. The highest BCUT2D eigenvalue weighted by molar-refractivity contribution is 7.16. The number of amides is 1. The predicted octanol–water partition coefficient (Wildman–Crippen LogP) is 2.18. The lowest BCUT2D eigenvalue weighted by molar-refractivity contribution is -0.150. The van der Waals surface area contributed by atoms with Gasteiger partial charge in [-0.25, -0.2) is 9.59 Å². The van der Waals surface area contributed by atoms with Crippen LogP contribution in [0.1, 0.15) is 41.9 Å². The number of nitrogens with one attached hydrogen (secondary N) is 1. The molecule has 1 N–H and O–H groups in total. The molecule has 7 nitrogen and oxygen atoms in total. The van der Waals surface area contributed by atoms with E-state index in [4.69, 9.17) is 9.47 Å². The van der Waals surface area contributed by atoms with Crippen LogP contribution in [-0.4, -0.2) is 44.8 Å². The molecule has 0 saturated heterocycles. The molecule has 0 atom stereocenters. The van der Waals surface area contributed by atoms with Crippen molar-refractivity contribution in [3.63, 3.8) is 0 Å². The number of thiophene rings is 1. The van der Waals surface area contributed by atoms with Gasteiger partial charge in [0.05, 0.1) is 12.2 Å². The van der Waals surface area contributed by atoms with Crippen LogP contribution in [-0.2, 0) is 23.8 Å². The molecular formula is C15H21NO6S. The zero-order valence-corrected chi connectivity index (χ0v) is 14.5. The maximum atomic E-state index is 12.0. The summed E-state index contributed by atoms with van der Waals surface area (Å²) < 4.78 is 14.3. The van der Waals surface area contributed by atoms with Gasteiger partial charge in [-0.2, -0.15) is 0 Å². The van der Waals surface area contributed by atoms with Crippen molar-refractivity contribution in [1.29, 1.82) is 0 Å². The molecule has 0 aliphatic heterocycles. The molecule has 0 spiro atoms. The maximum absolute atomic E-state index is 12.0. The van der Waals surface area contributed by atoms with Crippen LogP contribution in [0.15, 0.2) is 6.07 Å². The maximum Gasteiger partial charge on any atom is 0.341 e. The lowest BCUT2D eigenvalue weighted by Gasteiger charge is -2.07. The SMILES string of the molecule is CCOC(=O)c1cc(C(C)C)sc1NC(=O)COC(=O)COC. The number of anilines is 1. The Morgan fingerprint density at radius 3 is 2.48 bits per heavy atom. The molecule has 0 aromatic carbocycles. The molecule has 1 aromatic rings. The molecule has 23 heavy (non-hydrogen) atoms. The van der Waals surface area contributed by atoms with Crippen molar-refractivity contribution in [3.8, 4) is 0 Å². The molecule has 0 saturated carbocycles. The van der Waals surface area contributed by atoms with Crippen LogP contribution in [0.3, 0.4) is 0 Å². The van der Waals surface area contributed by atoms with Gasteiger partial charge in [-0.1, -0.05) is 13.8 Å². The molecule has 0 aliphatic carbocycles. The van der Waals surface area contributed by atoms with Crippen LogP contribution < -0.4 is 5.32 Å². The van der Waals surface area contributed by atoms with Gasteiger partial charge in [0.25, 0.3) is 5.91 Å².